The SMILES string of the molecule is O[C@](Cc1ccccc1)(c1ccccc1)[C@H]1CNCCO1. The van der Waals surface area contributed by atoms with Crippen molar-refractivity contribution in [1.29, 1.82) is 0 Å². The molecule has 0 spiro atoms. The lowest BCUT2D eigenvalue weighted by Gasteiger charge is -2.39. The molecule has 3 heteroatoms. The molecule has 0 unspecified atom stereocenters. The van der Waals surface area contributed by atoms with Gasteiger partial charge in [-0.25, -0.2) is 0 Å². The Bertz CT molecular complexity index is 552. The van der Waals surface area contributed by atoms with Crippen molar-refractivity contribution in [1.82, 2.24) is 5.32 Å². The van der Waals surface area contributed by atoms with Crippen LogP contribution in [0.25, 0.3) is 0 Å². The largest absolute Gasteiger partial charge is 0.382 e. The van der Waals surface area contributed by atoms with Crippen molar-refractivity contribution < 1.29 is 9.84 Å². The Morgan fingerprint density at radius 2 is 1.71 bits per heavy atom. The summed E-state index contributed by atoms with van der Waals surface area (Å²) >= 11 is 0. The summed E-state index contributed by atoms with van der Waals surface area (Å²) in [5.74, 6) is 0. The van der Waals surface area contributed by atoms with E-state index in [1.165, 1.54) is 0 Å². The Morgan fingerprint density at radius 3 is 2.33 bits per heavy atom. The van der Waals surface area contributed by atoms with E-state index in [-0.39, 0.29) is 6.10 Å². The molecular weight excluding hydrogens is 262 g/mol. The molecule has 1 fully saturated rings. The Balaban J connectivity index is 1.94. The van der Waals surface area contributed by atoms with Gasteiger partial charge in [0.25, 0.3) is 0 Å². The Labute approximate surface area is 125 Å². The summed E-state index contributed by atoms with van der Waals surface area (Å²) in [6.07, 6.45) is 0.304. The zero-order valence-electron chi connectivity index (χ0n) is 12.0. The van der Waals surface area contributed by atoms with Crippen molar-refractivity contribution >= 4 is 0 Å². The van der Waals surface area contributed by atoms with Gasteiger partial charge in [-0.3, -0.25) is 0 Å². The third-order valence-corrected chi connectivity index (χ3v) is 4.05. The minimum atomic E-state index is -1.02. The first kappa shape index (κ1) is 14.3. The monoisotopic (exact) mass is 283 g/mol. The highest BCUT2D eigenvalue weighted by molar-refractivity contribution is 5.28. The van der Waals surface area contributed by atoms with Crippen molar-refractivity contribution in [2.24, 2.45) is 0 Å². The van der Waals surface area contributed by atoms with E-state index in [1.807, 2.05) is 60.7 Å². The lowest BCUT2D eigenvalue weighted by molar-refractivity contribution is -0.124. The summed E-state index contributed by atoms with van der Waals surface area (Å²) in [6.45, 7) is 2.14. The molecule has 3 rings (SSSR count). The van der Waals surface area contributed by atoms with Gasteiger partial charge in [0, 0.05) is 19.5 Å². The average Bonchev–Trinajstić information content (AvgIpc) is 2.57. The van der Waals surface area contributed by atoms with Gasteiger partial charge in [0.2, 0.25) is 0 Å². The van der Waals surface area contributed by atoms with E-state index in [4.69, 9.17) is 4.74 Å². The number of hydrogen-bond acceptors (Lipinski definition) is 3. The van der Waals surface area contributed by atoms with E-state index in [9.17, 15) is 5.11 Å². The predicted molar refractivity (Wildman–Crippen MR) is 83.1 cm³/mol. The molecule has 2 atom stereocenters. The maximum Gasteiger partial charge on any atom is 0.121 e. The number of rotatable bonds is 4. The summed E-state index contributed by atoms with van der Waals surface area (Å²) in [5.41, 5.74) is 0.997. The summed E-state index contributed by atoms with van der Waals surface area (Å²) in [4.78, 5) is 0. The fourth-order valence-electron chi connectivity index (χ4n) is 2.91. The highest BCUT2D eigenvalue weighted by Crippen LogP contribution is 2.31. The van der Waals surface area contributed by atoms with E-state index < -0.39 is 5.60 Å². The molecule has 21 heavy (non-hydrogen) atoms. The zero-order valence-corrected chi connectivity index (χ0v) is 12.0. The third kappa shape index (κ3) is 3.16. The second kappa shape index (κ2) is 6.39. The van der Waals surface area contributed by atoms with Gasteiger partial charge in [-0.2, -0.15) is 0 Å². The quantitative estimate of drug-likeness (QED) is 0.903. The fourth-order valence-corrected chi connectivity index (χ4v) is 2.91. The Kier molecular flexibility index (Phi) is 4.34. The van der Waals surface area contributed by atoms with Gasteiger partial charge in [-0.15, -0.1) is 0 Å². The van der Waals surface area contributed by atoms with Crippen LogP contribution in [-0.4, -0.2) is 30.9 Å². The van der Waals surface area contributed by atoms with Gasteiger partial charge >= 0.3 is 0 Å². The Hall–Kier alpha value is -1.68. The highest BCUT2D eigenvalue weighted by atomic mass is 16.5. The number of aliphatic hydroxyl groups is 1. The van der Waals surface area contributed by atoms with Crippen LogP contribution in [-0.2, 0) is 16.8 Å². The molecule has 0 aromatic heterocycles. The third-order valence-electron chi connectivity index (χ3n) is 4.05. The molecule has 0 radical (unpaired) electrons. The van der Waals surface area contributed by atoms with Crippen LogP contribution in [0.3, 0.4) is 0 Å². The molecule has 2 N–H and O–H groups in total. The molecule has 0 amide bonds. The topological polar surface area (TPSA) is 41.5 Å². The first-order chi connectivity index (χ1) is 10.3. The molecular formula is C18H21NO2. The highest BCUT2D eigenvalue weighted by Gasteiger charge is 2.40. The van der Waals surface area contributed by atoms with E-state index in [0.717, 1.165) is 17.7 Å². The van der Waals surface area contributed by atoms with Crippen LogP contribution >= 0.6 is 0 Å². The van der Waals surface area contributed by atoms with Crippen molar-refractivity contribution in [3.8, 4) is 0 Å². The minimum absolute atomic E-state index is 0.242. The molecule has 1 aliphatic heterocycles. The van der Waals surface area contributed by atoms with Gasteiger partial charge < -0.3 is 15.2 Å². The molecule has 3 nitrogen and oxygen atoms in total. The van der Waals surface area contributed by atoms with Crippen molar-refractivity contribution in [2.45, 2.75) is 18.1 Å². The lowest BCUT2D eigenvalue weighted by atomic mass is 9.82. The summed E-state index contributed by atoms with van der Waals surface area (Å²) in [5, 5.41) is 14.7. The standard InChI is InChI=1S/C18H21NO2/c20-18(16-9-5-2-6-10-16,17-14-19-11-12-21-17)13-15-7-3-1-4-8-15/h1-10,17,19-20H,11-14H2/t17-,18-/m1/s1. The van der Waals surface area contributed by atoms with E-state index >= 15 is 0 Å². The van der Waals surface area contributed by atoms with Gasteiger partial charge in [0.15, 0.2) is 0 Å². The van der Waals surface area contributed by atoms with Crippen LogP contribution in [0.2, 0.25) is 0 Å². The Morgan fingerprint density at radius 1 is 1.05 bits per heavy atom. The lowest BCUT2D eigenvalue weighted by Crippen LogP contribution is -2.52. The average molecular weight is 283 g/mol. The van der Waals surface area contributed by atoms with E-state index in [2.05, 4.69) is 5.32 Å². The van der Waals surface area contributed by atoms with Crippen LogP contribution in [0.15, 0.2) is 60.7 Å². The maximum atomic E-state index is 11.4. The molecule has 1 saturated heterocycles. The van der Waals surface area contributed by atoms with Gasteiger partial charge in [0.05, 0.1) is 6.61 Å². The van der Waals surface area contributed by atoms with E-state index in [0.29, 0.717) is 19.6 Å². The maximum absolute atomic E-state index is 11.4. The van der Waals surface area contributed by atoms with Gasteiger partial charge in [-0.05, 0) is 11.1 Å². The second-order valence-electron chi connectivity index (χ2n) is 5.52. The number of morpholine rings is 1. The summed E-state index contributed by atoms with van der Waals surface area (Å²) < 4.78 is 5.86. The molecule has 1 heterocycles. The number of nitrogens with one attached hydrogen (secondary N) is 1. The van der Waals surface area contributed by atoms with Crippen LogP contribution in [0, 0.1) is 0 Å². The summed E-state index contributed by atoms with van der Waals surface area (Å²) in [6, 6.07) is 19.9. The predicted octanol–water partition coefficient (Wildman–Crippen LogP) is 2.11. The fraction of sp³-hybridized carbons (Fsp3) is 0.333. The second-order valence-corrected chi connectivity index (χ2v) is 5.52. The molecule has 0 bridgehead atoms. The molecule has 110 valence electrons. The molecule has 0 aliphatic carbocycles. The van der Waals surface area contributed by atoms with Gasteiger partial charge in [-0.1, -0.05) is 60.7 Å². The first-order valence-corrected chi connectivity index (χ1v) is 7.43. The summed E-state index contributed by atoms with van der Waals surface area (Å²) in [7, 11) is 0. The minimum Gasteiger partial charge on any atom is -0.382 e. The van der Waals surface area contributed by atoms with Crippen molar-refractivity contribution in [3.05, 3.63) is 71.8 Å². The number of benzene rings is 2. The van der Waals surface area contributed by atoms with Crippen molar-refractivity contribution in [3.63, 3.8) is 0 Å². The van der Waals surface area contributed by atoms with Crippen LogP contribution < -0.4 is 5.32 Å². The molecule has 1 aliphatic rings. The normalized spacial score (nSPS) is 21.7. The van der Waals surface area contributed by atoms with E-state index in [1.54, 1.807) is 0 Å². The number of ether oxygens (including phenoxy) is 1. The molecule has 2 aromatic rings. The van der Waals surface area contributed by atoms with Crippen LogP contribution in [0.5, 0.6) is 0 Å². The van der Waals surface area contributed by atoms with Crippen molar-refractivity contribution in [2.75, 3.05) is 19.7 Å². The number of hydrogen-bond donors (Lipinski definition) is 2. The first-order valence-electron chi connectivity index (χ1n) is 7.43. The van der Waals surface area contributed by atoms with Crippen LogP contribution in [0.1, 0.15) is 11.1 Å². The van der Waals surface area contributed by atoms with Gasteiger partial charge in [0.1, 0.15) is 11.7 Å². The smallest absolute Gasteiger partial charge is 0.121 e. The zero-order chi connectivity index (χ0) is 14.5. The molecule has 2 aromatic carbocycles. The van der Waals surface area contributed by atoms with Crippen LogP contribution in [0.4, 0.5) is 0 Å². The molecule has 0 saturated carbocycles.